The number of para-hydroxylation sites is 1. The molecule has 2 N–H and O–H groups in total. The fraction of sp³-hybridized carbons (Fsp3) is 0.240. The summed E-state index contributed by atoms with van der Waals surface area (Å²) in [5, 5.41) is 3.42. The summed E-state index contributed by atoms with van der Waals surface area (Å²) in [6, 6.07) is 13.8. The maximum atomic E-state index is 13.1. The molecule has 0 saturated heterocycles. The first kappa shape index (κ1) is 23.2. The van der Waals surface area contributed by atoms with Gasteiger partial charge in [-0.3, -0.25) is 9.59 Å². The van der Waals surface area contributed by atoms with Crippen molar-refractivity contribution in [2.24, 2.45) is 0 Å². The van der Waals surface area contributed by atoms with E-state index in [1.807, 2.05) is 24.3 Å². The van der Waals surface area contributed by atoms with Crippen LogP contribution in [0.2, 0.25) is 0 Å². The number of hydrogen-bond acceptors (Lipinski definition) is 6. The van der Waals surface area contributed by atoms with Crippen LogP contribution in [0.1, 0.15) is 37.7 Å². The molecule has 0 bridgehead atoms. The Balaban J connectivity index is 1.60. The number of anilines is 1. The summed E-state index contributed by atoms with van der Waals surface area (Å²) in [6.45, 7) is 6.31. The van der Waals surface area contributed by atoms with Gasteiger partial charge in [-0.15, -0.1) is 23.1 Å². The molecule has 0 spiro atoms. The lowest BCUT2D eigenvalue weighted by atomic mass is 10.1. The van der Waals surface area contributed by atoms with Gasteiger partial charge < -0.3 is 15.0 Å². The van der Waals surface area contributed by atoms with Crippen molar-refractivity contribution in [1.29, 1.82) is 0 Å². The average molecular weight is 480 g/mol. The molecule has 8 heteroatoms. The number of fused-ring (bicyclic) bond motifs is 1. The first-order valence-corrected chi connectivity index (χ1v) is 12.3. The van der Waals surface area contributed by atoms with Crippen molar-refractivity contribution in [3.8, 4) is 0 Å². The number of nitrogens with one attached hydrogen (secondary N) is 2. The standard InChI is InChI=1S/C25H25N3O3S2/c1-14-9-10-15(2)19(11-14)32-13-20-27-23(29)21-16(3)22(33-25(21)28-20)24(30)26-18-8-6-5-7-17(18)12-31-4/h5-11H,12-13H2,1-4H3,(H,26,30)(H,27,28,29). The van der Waals surface area contributed by atoms with E-state index in [1.54, 1.807) is 25.8 Å². The van der Waals surface area contributed by atoms with E-state index in [2.05, 4.69) is 47.3 Å². The van der Waals surface area contributed by atoms with Crippen LogP contribution in [0.25, 0.3) is 10.2 Å². The van der Waals surface area contributed by atoms with E-state index in [0.717, 1.165) is 10.5 Å². The molecule has 0 aliphatic heterocycles. The Morgan fingerprint density at radius 2 is 1.97 bits per heavy atom. The Morgan fingerprint density at radius 3 is 2.76 bits per heavy atom. The van der Waals surface area contributed by atoms with E-state index >= 15 is 0 Å². The minimum atomic E-state index is -0.259. The van der Waals surface area contributed by atoms with E-state index in [1.165, 1.54) is 22.5 Å². The largest absolute Gasteiger partial charge is 0.380 e. The summed E-state index contributed by atoms with van der Waals surface area (Å²) >= 11 is 2.88. The molecule has 0 aliphatic rings. The second-order valence-electron chi connectivity index (χ2n) is 7.85. The van der Waals surface area contributed by atoms with Crippen molar-refractivity contribution in [3.05, 3.63) is 85.8 Å². The fourth-order valence-electron chi connectivity index (χ4n) is 3.59. The van der Waals surface area contributed by atoms with Gasteiger partial charge in [0.15, 0.2) is 0 Å². The first-order valence-electron chi connectivity index (χ1n) is 10.5. The third kappa shape index (κ3) is 5.03. The van der Waals surface area contributed by atoms with Gasteiger partial charge in [-0.2, -0.15) is 0 Å². The Bertz CT molecular complexity index is 1390. The quantitative estimate of drug-likeness (QED) is 0.337. The highest BCUT2D eigenvalue weighted by Crippen LogP contribution is 2.30. The fourth-order valence-corrected chi connectivity index (χ4v) is 5.67. The number of aryl methyl sites for hydroxylation is 3. The number of ether oxygens (including phenoxy) is 1. The van der Waals surface area contributed by atoms with E-state index < -0.39 is 0 Å². The number of amides is 1. The molecule has 0 radical (unpaired) electrons. The van der Waals surface area contributed by atoms with Crippen LogP contribution < -0.4 is 10.9 Å². The number of aromatic nitrogens is 2. The number of carbonyl (C=O) groups is 1. The van der Waals surface area contributed by atoms with Gasteiger partial charge in [-0.25, -0.2) is 4.98 Å². The van der Waals surface area contributed by atoms with Gasteiger partial charge >= 0.3 is 0 Å². The van der Waals surface area contributed by atoms with Gasteiger partial charge in [-0.05, 0) is 44.0 Å². The van der Waals surface area contributed by atoms with Gasteiger partial charge in [0.25, 0.3) is 11.5 Å². The number of nitrogens with zero attached hydrogens (tertiary/aromatic N) is 1. The molecule has 33 heavy (non-hydrogen) atoms. The van der Waals surface area contributed by atoms with Crippen LogP contribution >= 0.6 is 23.1 Å². The second kappa shape index (κ2) is 9.91. The van der Waals surface area contributed by atoms with Gasteiger partial charge in [-0.1, -0.05) is 35.9 Å². The highest BCUT2D eigenvalue weighted by Gasteiger charge is 2.20. The average Bonchev–Trinajstić information content (AvgIpc) is 3.13. The zero-order chi connectivity index (χ0) is 23.5. The van der Waals surface area contributed by atoms with Crippen LogP contribution in [0.5, 0.6) is 0 Å². The summed E-state index contributed by atoms with van der Waals surface area (Å²) in [7, 11) is 1.61. The molecular formula is C25H25N3O3S2. The molecule has 2 aromatic heterocycles. The zero-order valence-corrected chi connectivity index (χ0v) is 20.6. The molecule has 0 atom stereocenters. The molecule has 4 rings (SSSR count). The Kier molecular flexibility index (Phi) is 6.97. The molecule has 170 valence electrons. The summed E-state index contributed by atoms with van der Waals surface area (Å²) < 4.78 is 5.22. The summed E-state index contributed by atoms with van der Waals surface area (Å²) in [6.07, 6.45) is 0. The lowest BCUT2D eigenvalue weighted by Crippen LogP contribution is -2.14. The van der Waals surface area contributed by atoms with Gasteiger partial charge in [0.1, 0.15) is 10.7 Å². The number of methoxy groups -OCH3 is 1. The van der Waals surface area contributed by atoms with Crippen LogP contribution in [-0.4, -0.2) is 23.0 Å². The van der Waals surface area contributed by atoms with Crippen LogP contribution in [0.15, 0.2) is 52.2 Å². The highest BCUT2D eigenvalue weighted by molar-refractivity contribution is 7.98. The summed E-state index contributed by atoms with van der Waals surface area (Å²) in [5.41, 5.74) is 4.37. The predicted octanol–water partition coefficient (Wildman–Crippen LogP) is 5.60. The molecule has 0 aliphatic carbocycles. The second-order valence-corrected chi connectivity index (χ2v) is 9.87. The van der Waals surface area contributed by atoms with Crippen molar-refractivity contribution in [2.45, 2.75) is 38.0 Å². The van der Waals surface area contributed by atoms with Crippen molar-refractivity contribution in [1.82, 2.24) is 9.97 Å². The summed E-state index contributed by atoms with van der Waals surface area (Å²) in [4.78, 5) is 35.7. The molecule has 0 unspecified atom stereocenters. The predicted molar refractivity (Wildman–Crippen MR) is 136 cm³/mol. The minimum Gasteiger partial charge on any atom is -0.380 e. The number of rotatable bonds is 7. The number of hydrogen-bond donors (Lipinski definition) is 2. The normalized spacial score (nSPS) is 11.2. The number of thioether (sulfide) groups is 1. The van der Waals surface area contributed by atoms with Crippen LogP contribution in [-0.2, 0) is 17.1 Å². The molecule has 0 saturated carbocycles. The number of carbonyl (C=O) groups excluding carboxylic acids is 1. The summed E-state index contributed by atoms with van der Waals surface area (Å²) in [5.74, 6) is 0.875. The van der Waals surface area contributed by atoms with E-state index in [9.17, 15) is 9.59 Å². The van der Waals surface area contributed by atoms with E-state index in [-0.39, 0.29) is 11.5 Å². The Labute approximate surface area is 200 Å². The van der Waals surface area contributed by atoms with Gasteiger partial charge in [0, 0.05) is 23.3 Å². The molecule has 2 heterocycles. The van der Waals surface area contributed by atoms with Crippen molar-refractivity contribution < 1.29 is 9.53 Å². The molecule has 1 amide bonds. The maximum absolute atomic E-state index is 13.1. The third-order valence-electron chi connectivity index (χ3n) is 5.33. The van der Waals surface area contributed by atoms with E-state index in [0.29, 0.717) is 44.5 Å². The number of thiophene rings is 1. The molecule has 4 aromatic rings. The number of H-pyrrole nitrogens is 1. The first-order chi connectivity index (χ1) is 15.9. The smallest absolute Gasteiger partial charge is 0.266 e. The monoisotopic (exact) mass is 479 g/mol. The lowest BCUT2D eigenvalue weighted by molar-refractivity contribution is 0.102. The van der Waals surface area contributed by atoms with E-state index in [4.69, 9.17) is 4.74 Å². The zero-order valence-electron chi connectivity index (χ0n) is 18.9. The molecular weight excluding hydrogens is 454 g/mol. The number of aromatic amines is 1. The molecule has 0 fully saturated rings. The maximum Gasteiger partial charge on any atom is 0.266 e. The molecule has 2 aromatic carbocycles. The lowest BCUT2D eigenvalue weighted by Gasteiger charge is -2.10. The van der Waals surface area contributed by atoms with Gasteiger partial charge in [0.2, 0.25) is 0 Å². The SMILES string of the molecule is COCc1ccccc1NC(=O)c1sc2nc(CSc3cc(C)ccc3C)[nH]c(=O)c2c1C. The van der Waals surface area contributed by atoms with Crippen LogP contribution in [0.3, 0.4) is 0 Å². The van der Waals surface area contributed by atoms with Crippen molar-refractivity contribution >= 4 is 44.9 Å². The van der Waals surface area contributed by atoms with Gasteiger partial charge in [0.05, 0.1) is 22.6 Å². The minimum absolute atomic E-state index is 0.218. The van der Waals surface area contributed by atoms with Crippen molar-refractivity contribution in [3.63, 3.8) is 0 Å². The number of benzene rings is 2. The topological polar surface area (TPSA) is 84.1 Å². The van der Waals surface area contributed by atoms with Crippen molar-refractivity contribution in [2.75, 3.05) is 12.4 Å². The Morgan fingerprint density at radius 1 is 1.18 bits per heavy atom. The van der Waals surface area contributed by atoms with Crippen LogP contribution in [0.4, 0.5) is 5.69 Å². The van der Waals surface area contributed by atoms with Crippen LogP contribution in [0, 0.1) is 20.8 Å². The Hall–Kier alpha value is -2.94. The third-order valence-corrected chi connectivity index (χ3v) is 7.68. The molecule has 6 nitrogen and oxygen atoms in total. The highest BCUT2D eigenvalue weighted by atomic mass is 32.2.